The van der Waals surface area contributed by atoms with Crippen LogP contribution >= 0.6 is 0 Å². The van der Waals surface area contributed by atoms with Crippen LogP contribution in [0.15, 0.2) is 0 Å². The van der Waals surface area contributed by atoms with E-state index in [1.165, 1.54) is 0 Å². The Morgan fingerprint density at radius 1 is 1.67 bits per heavy atom. The lowest BCUT2D eigenvalue weighted by Gasteiger charge is -1.93. The van der Waals surface area contributed by atoms with Crippen molar-refractivity contribution >= 4 is 0 Å². The fraction of sp³-hybridized carbons (Fsp3) is 1.00. The molecular weight excluding hydrogens is 82.0 g/mol. The van der Waals surface area contributed by atoms with Crippen molar-refractivity contribution in [2.24, 2.45) is 11.6 Å². The van der Waals surface area contributed by atoms with Crippen LogP contribution in [0.1, 0.15) is 0 Å². The van der Waals surface area contributed by atoms with E-state index in [0.717, 1.165) is 0 Å². The minimum atomic E-state index is 0.455. The third kappa shape index (κ3) is 3.84. The van der Waals surface area contributed by atoms with Crippen molar-refractivity contribution in [3.05, 3.63) is 0 Å². The molecule has 5 N–H and O–H groups in total. The van der Waals surface area contributed by atoms with Gasteiger partial charge in [-0.3, -0.25) is 4.84 Å². The molecule has 38 valence electrons. The van der Waals surface area contributed by atoms with Crippen LogP contribution in [0.25, 0.3) is 0 Å². The third-order valence-electron chi connectivity index (χ3n) is 0.303. The SMILES string of the molecule is NCCONN. The summed E-state index contributed by atoms with van der Waals surface area (Å²) in [6, 6.07) is 0. The first-order valence-corrected chi connectivity index (χ1v) is 1.69. The van der Waals surface area contributed by atoms with Crippen LogP contribution in [0.2, 0.25) is 0 Å². The van der Waals surface area contributed by atoms with Crippen LogP contribution in [-0.2, 0) is 4.84 Å². The van der Waals surface area contributed by atoms with E-state index in [0.29, 0.717) is 13.2 Å². The summed E-state index contributed by atoms with van der Waals surface area (Å²) in [4.78, 5) is 4.39. The van der Waals surface area contributed by atoms with Gasteiger partial charge in [-0.15, -0.1) is 5.59 Å². The smallest absolute Gasteiger partial charge is 0.0820 e. The molecule has 0 aromatic carbocycles. The standard InChI is InChI=1S/C2H9N3O/c3-1-2-6-5-4/h5H,1-4H2. The maximum atomic E-state index is 4.99. The molecule has 4 nitrogen and oxygen atoms in total. The highest BCUT2D eigenvalue weighted by Crippen LogP contribution is 1.52. The van der Waals surface area contributed by atoms with Gasteiger partial charge in [0.1, 0.15) is 0 Å². The van der Waals surface area contributed by atoms with Gasteiger partial charge in [-0.2, -0.15) is 0 Å². The maximum Gasteiger partial charge on any atom is 0.0820 e. The van der Waals surface area contributed by atoms with Crippen molar-refractivity contribution < 1.29 is 4.84 Å². The molecule has 0 saturated carbocycles. The Bertz CT molecular complexity index is 20.8. The molecule has 0 aliphatic carbocycles. The average molecular weight is 91.1 g/mol. The fourth-order valence-electron chi connectivity index (χ4n) is 0.118. The zero-order valence-corrected chi connectivity index (χ0v) is 3.48. The molecule has 0 aromatic heterocycles. The summed E-state index contributed by atoms with van der Waals surface area (Å²) in [6.07, 6.45) is 0. The first-order chi connectivity index (χ1) is 2.91. The van der Waals surface area contributed by atoms with Crippen molar-refractivity contribution in [3.63, 3.8) is 0 Å². The van der Waals surface area contributed by atoms with Crippen LogP contribution in [0, 0.1) is 0 Å². The van der Waals surface area contributed by atoms with Crippen molar-refractivity contribution in [2.45, 2.75) is 0 Å². The largest absolute Gasteiger partial charge is 0.328 e. The number of hydrazine groups is 1. The number of hydrogen-bond donors (Lipinski definition) is 3. The second-order valence-electron chi connectivity index (χ2n) is 0.755. The summed E-state index contributed by atoms with van der Waals surface area (Å²) in [5, 5.41) is 0. The molecule has 0 rings (SSSR count). The Morgan fingerprint density at radius 3 is 2.50 bits per heavy atom. The average Bonchev–Trinajstić information content (AvgIpc) is 1.61. The second kappa shape index (κ2) is 4.84. The summed E-state index contributed by atoms with van der Waals surface area (Å²) in [5.74, 6) is 4.69. The highest BCUT2D eigenvalue weighted by atomic mass is 16.7. The van der Waals surface area contributed by atoms with Gasteiger partial charge >= 0.3 is 0 Å². The lowest BCUT2D eigenvalue weighted by atomic mass is 10.8. The molecule has 0 radical (unpaired) electrons. The number of nitrogens with one attached hydrogen (secondary N) is 1. The molecule has 4 heteroatoms. The molecular formula is C2H9N3O. The van der Waals surface area contributed by atoms with Crippen molar-refractivity contribution in [1.29, 1.82) is 0 Å². The topological polar surface area (TPSA) is 73.3 Å². The van der Waals surface area contributed by atoms with Gasteiger partial charge in [0.25, 0.3) is 0 Å². The highest BCUT2D eigenvalue weighted by Gasteiger charge is 1.71. The van der Waals surface area contributed by atoms with E-state index in [-0.39, 0.29) is 0 Å². The molecule has 0 atom stereocenters. The first kappa shape index (κ1) is 5.84. The normalized spacial score (nSPS) is 9.00. The van der Waals surface area contributed by atoms with Gasteiger partial charge in [-0.1, -0.05) is 0 Å². The van der Waals surface area contributed by atoms with Crippen LogP contribution in [0.3, 0.4) is 0 Å². The van der Waals surface area contributed by atoms with Crippen LogP contribution in [-0.4, -0.2) is 13.2 Å². The second-order valence-corrected chi connectivity index (χ2v) is 0.755. The summed E-state index contributed by atoms with van der Waals surface area (Å²) in [6.45, 7) is 0.945. The molecule has 6 heavy (non-hydrogen) atoms. The number of nitrogens with two attached hydrogens (primary N) is 2. The minimum absolute atomic E-state index is 0.455. The zero-order valence-electron chi connectivity index (χ0n) is 3.48. The monoisotopic (exact) mass is 91.1 g/mol. The Balaban J connectivity index is 2.34. The number of hydrogen-bond acceptors (Lipinski definition) is 4. The third-order valence-corrected chi connectivity index (χ3v) is 0.303. The predicted molar refractivity (Wildman–Crippen MR) is 22.3 cm³/mol. The summed E-state index contributed by atoms with van der Waals surface area (Å²) in [7, 11) is 0. The van der Waals surface area contributed by atoms with Crippen LogP contribution < -0.4 is 17.2 Å². The van der Waals surface area contributed by atoms with Crippen molar-refractivity contribution in [3.8, 4) is 0 Å². The van der Waals surface area contributed by atoms with E-state index in [9.17, 15) is 0 Å². The van der Waals surface area contributed by atoms with Gasteiger partial charge in [-0.05, 0) is 0 Å². The van der Waals surface area contributed by atoms with E-state index in [1.54, 1.807) is 0 Å². The van der Waals surface area contributed by atoms with Gasteiger partial charge in [-0.25, -0.2) is 5.84 Å². The molecule has 0 fully saturated rings. The lowest BCUT2D eigenvalue weighted by Crippen LogP contribution is -2.25. The lowest BCUT2D eigenvalue weighted by molar-refractivity contribution is 0.0469. The van der Waals surface area contributed by atoms with E-state index in [4.69, 9.17) is 5.73 Å². The maximum absolute atomic E-state index is 4.99. The van der Waals surface area contributed by atoms with E-state index in [1.807, 2.05) is 5.59 Å². The van der Waals surface area contributed by atoms with Gasteiger partial charge in [0.05, 0.1) is 6.61 Å². The summed E-state index contributed by atoms with van der Waals surface area (Å²) >= 11 is 0. The van der Waals surface area contributed by atoms with Crippen molar-refractivity contribution in [1.82, 2.24) is 5.59 Å². The van der Waals surface area contributed by atoms with Gasteiger partial charge in [0.2, 0.25) is 0 Å². The predicted octanol–water partition coefficient (Wildman–Crippen LogP) is -1.66. The molecule has 0 aliphatic rings. The van der Waals surface area contributed by atoms with Crippen LogP contribution in [0.4, 0.5) is 0 Å². The van der Waals surface area contributed by atoms with E-state index in [2.05, 4.69) is 10.7 Å². The molecule has 0 heterocycles. The fourth-order valence-corrected chi connectivity index (χ4v) is 0.118. The van der Waals surface area contributed by atoms with Gasteiger partial charge < -0.3 is 5.73 Å². The van der Waals surface area contributed by atoms with Gasteiger partial charge in [0, 0.05) is 6.54 Å². The Morgan fingerprint density at radius 2 is 2.33 bits per heavy atom. The first-order valence-electron chi connectivity index (χ1n) is 1.69. The molecule has 0 amide bonds. The zero-order chi connectivity index (χ0) is 4.83. The molecule has 0 unspecified atom stereocenters. The summed E-state index contributed by atoms with van der Waals surface area (Å²) < 4.78 is 0. The molecule has 0 bridgehead atoms. The summed E-state index contributed by atoms with van der Waals surface area (Å²) in [5.41, 5.74) is 6.98. The quantitative estimate of drug-likeness (QED) is 0.221. The Kier molecular flexibility index (Phi) is 4.71. The van der Waals surface area contributed by atoms with Gasteiger partial charge in [0.15, 0.2) is 0 Å². The molecule has 0 aromatic rings. The van der Waals surface area contributed by atoms with E-state index < -0.39 is 0 Å². The Labute approximate surface area is 36.4 Å². The molecule has 0 spiro atoms. The number of rotatable bonds is 3. The van der Waals surface area contributed by atoms with E-state index >= 15 is 0 Å². The minimum Gasteiger partial charge on any atom is -0.328 e. The molecule has 0 aliphatic heterocycles. The Hall–Kier alpha value is -0.160. The van der Waals surface area contributed by atoms with Crippen molar-refractivity contribution in [2.75, 3.05) is 13.2 Å². The molecule has 0 saturated heterocycles. The van der Waals surface area contributed by atoms with Crippen LogP contribution in [0.5, 0.6) is 0 Å². The highest BCUT2D eigenvalue weighted by molar-refractivity contribution is 4.21.